The Morgan fingerprint density at radius 3 is 1.77 bits per heavy atom. The molecular weight excluding hydrogens is 500 g/mol. The van der Waals surface area contributed by atoms with E-state index in [4.69, 9.17) is 14.2 Å². The lowest BCUT2D eigenvalue weighted by Gasteiger charge is -2.45. The molecule has 10 nitrogen and oxygen atoms in total. The van der Waals surface area contributed by atoms with Gasteiger partial charge in [0.15, 0.2) is 0 Å². The number of likely N-dealkylation sites (tertiary alicyclic amines) is 1. The minimum absolute atomic E-state index is 0.0800. The van der Waals surface area contributed by atoms with Gasteiger partial charge in [-0.2, -0.15) is 0 Å². The Labute approximate surface area is 229 Å². The molecule has 0 unspecified atom stereocenters. The van der Waals surface area contributed by atoms with E-state index in [1.54, 1.807) is 72.6 Å². The fourth-order valence-electron chi connectivity index (χ4n) is 5.64. The molecule has 0 N–H and O–H groups in total. The number of methoxy groups -OCH3 is 2. The van der Waals surface area contributed by atoms with Crippen LogP contribution in [0.2, 0.25) is 0 Å². The van der Waals surface area contributed by atoms with Crippen molar-refractivity contribution in [3.63, 3.8) is 0 Å². The number of piperidine rings is 1. The van der Waals surface area contributed by atoms with E-state index in [9.17, 15) is 14.4 Å². The lowest BCUT2D eigenvalue weighted by atomic mass is 9.96. The van der Waals surface area contributed by atoms with Crippen LogP contribution in [-0.4, -0.2) is 116 Å². The zero-order chi connectivity index (χ0) is 27.6. The molecule has 10 heteroatoms. The van der Waals surface area contributed by atoms with Gasteiger partial charge in [-0.25, -0.2) is 0 Å². The third-order valence-corrected chi connectivity index (χ3v) is 8.09. The van der Waals surface area contributed by atoms with Crippen LogP contribution in [0.15, 0.2) is 48.5 Å². The van der Waals surface area contributed by atoms with Gasteiger partial charge >= 0.3 is 0 Å². The predicted molar refractivity (Wildman–Crippen MR) is 144 cm³/mol. The lowest BCUT2D eigenvalue weighted by Crippen LogP contribution is -2.61. The molecule has 0 radical (unpaired) electrons. The summed E-state index contributed by atoms with van der Waals surface area (Å²) >= 11 is 0. The molecule has 3 aliphatic heterocycles. The number of carbonyl (C=O) groups excluding carboxylic acids is 3. The van der Waals surface area contributed by atoms with Gasteiger partial charge in [0.2, 0.25) is 5.91 Å². The molecule has 0 aliphatic carbocycles. The second-order valence-corrected chi connectivity index (χ2v) is 10.3. The number of benzene rings is 2. The third kappa shape index (κ3) is 5.31. The second-order valence-electron chi connectivity index (χ2n) is 10.3. The van der Waals surface area contributed by atoms with E-state index < -0.39 is 11.8 Å². The Morgan fingerprint density at radius 2 is 1.26 bits per heavy atom. The van der Waals surface area contributed by atoms with Crippen molar-refractivity contribution >= 4 is 17.7 Å². The highest BCUT2D eigenvalue weighted by Gasteiger charge is 2.55. The van der Waals surface area contributed by atoms with Crippen LogP contribution >= 0.6 is 0 Å². The zero-order valence-electron chi connectivity index (χ0n) is 22.8. The smallest absolute Gasteiger partial charge is 0.256 e. The van der Waals surface area contributed by atoms with Crippen molar-refractivity contribution in [2.75, 3.05) is 67.1 Å². The van der Waals surface area contributed by atoms with Crippen LogP contribution in [0.25, 0.3) is 0 Å². The van der Waals surface area contributed by atoms with Crippen LogP contribution < -0.4 is 9.47 Å². The molecule has 3 saturated heterocycles. The summed E-state index contributed by atoms with van der Waals surface area (Å²) in [4.78, 5) is 48.4. The quantitative estimate of drug-likeness (QED) is 0.577. The first-order valence-electron chi connectivity index (χ1n) is 13.4. The number of nitrogens with zero attached hydrogens (tertiary/aromatic N) is 4. The number of piperazine rings is 1. The Hall–Kier alpha value is -3.63. The predicted octanol–water partition coefficient (Wildman–Crippen LogP) is 1.95. The number of hydrogen-bond donors (Lipinski definition) is 0. The molecule has 3 heterocycles. The summed E-state index contributed by atoms with van der Waals surface area (Å²) in [6.07, 6.45) is 0.840. The van der Waals surface area contributed by atoms with Crippen LogP contribution in [-0.2, 0) is 9.53 Å². The average Bonchev–Trinajstić information content (AvgIpc) is 3.35. The highest BCUT2D eigenvalue weighted by atomic mass is 16.5. The molecule has 1 atom stereocenters. The van der Waals surface area contributed by atoms with Crippen molar-refractivity contribution in [3.05, 3.63) is 59.7 Å². The summed E-state index contributed by atoms with van der Waals surface area (Å²) in [5.74, 6) is 0.918. The van der Waals surface area contributed by atoms with Crippen molar-refractivity contribution in [1.82, 2.24) is 19.6 Å². The van der Waals surface area contributed by atoms with Crippen molar-refractivity contribution < 1.29 is 28.6 Å². The zero-order valence-corrected chi connectivity index (χ0v) is 22.8. The van der Waals surface area contributed by atoms with Gasteiger partial charge in [-0.1, -0.05) is 0 Å². The Bertz CT molecular complexity index is 1190. The van der Waals surface area contributed by atoms with Crippen LogP contribution in [0.4, 0.5) is 0 Å². The summed E-state index contributed by atoms with van der Waals surface area (Å²) in [6, 6.07) is 13.2. The highest BCUT2D eigenvalue weighted by molar-refractivity contribution is 5.99. The van der Waals surface area contributed by atoms with Crippen LogP contribution in [0.3, 0.4) is 0 Å². The SMILES string of the molecule is COc1ccc(C(=O)N2CCC3(CC2)OC[C@H](C(=O)N2CCN(C)CC2)N3C(=O)c2ccc(OC)cc2)cc1. The first-order valence-corrected chi connectivity index (χ1v) is 13.4. The molecule has 3 amide bonds. The fourth-order valence-corrected chi connectivity index (χ4v) is 5.64. The van der Waals surface area contributed by atoms with Gasteiger partial charge in [0.25, 0.3) is 11.8 Å². The maximum absolute atomic E-state index is 14.0. The topological polar surface area (TPSA) is 91.9 Å². The summed E-state index contributed by atoms with van der Waals surface area (Å²) in [5, 5.41) is 0. The minimum atomic E-state index is -0.958. The first kappa shape index (κ1) is 27.0. The maximum atomic E-state index is 14.0. The van der Waals surface area contributed by atoms with E-state index >= 15 is 0 Å². The van der Waals surface area contributed by atoms with Gasteiger partial charge in [-0.15, -0.1) is 0 Å². The number of carbonyl (C=O) groups is 3. The number of rotatable bonds is 5. The third-order valence-electron chi connectivity index (χ3n) is 8.09. The van der Waals surface area contributed by atoms with Crippen molar-refractivity contribution in [1.29, 1.82) is 0 Å². The molecular formula is C29H36N4O6. The second kappa shape index (κ2) is 11.2. The molecule has 39 heavy (non-hydrogen) atoms. The highest BCUT2D eigenvalue weighted by Crippen LogP contribution is 2.39. The summed E-state index contributed by atoms with van der Waals surface area (Å²) < 4.78 is 16.8. The molecule has 0 aromatic heterocycles. The van der Waals surface area contributed by atoms with Gasteiger partial charge < -0.3 is 28.9 Å². The van der Waals surface area contributed by atoms with E-state index in [0.29, 0.717) is 61.6 Å². The summed E-state index contributed by atoms with van der Waals surface area (Å²) in [5.41, 5.74) is 0.0858. The van der Waals surface area contributed by atoms with Gasteiger partial charge in [-0.3, -0.25) is 19.3 Å². The van der Waals surface area contributed by atoms with Crippen LogP contribution in [0, 0.1) is 0 Å². The lowest BCUT2D eigenvalue weighted by molar-refractivity contribution is -0.139. The van der Waals surface area contributed by atoms with Gasteiger partial charge in [-0.05, 0) is 55.6 Å². The van der Waals surface area contributed by atoms with Crippen molar-refractivity contribution in [3.8, 4) is 11.5 Å². The molecule has 3 aliphatic rings. The Balaban J connectivity index is 1.37. The van der Waals surface area contributed by atoms with Gasteiger partial charge in [0, 0.05) is 63.2 Å². The van der Waals surface area contributed by atoms with E-state index in [-0.39, 0.29) is 24.3 Å². The number of hydrogen-bond acceptors (Lipinski definition) is 7. The minimum Gasteiger partial charge on any atom is -0.497 e. The van der Waals surface area contributed by atoms with E-state index in [0.717, 1.165) is 13.1 Å². The average molecular weight is 537 g/mol. The van der Waals surface area contributed by atoms with Crippen molar-refractivity contribution in [2.24, 2.45) is 0 Å². The molecule has 5 rings (SSSR count). The summed E-state index contributed by atoms with van der Waals surface area (Å²) in [6.45, 7) is 3.78. The van der Waals surface area contributed by atoms with Crippen LogP contribution in [0.5, 0.6) is 11.5 Å². The first-order chi connectivity index (χ1) is 18.8. The maximum Gasteiger partial charge on any atom is 0.256 e. The standard InChI is InChI=1S/C29H36N4O6/c1-30-16-18-32(19-17-30)28(36)25-20-39-29(33(25)27(35)22-6-10-24(38-3)11-7-22)12-14-31(15-13-29)26(34)21-4-8-23(37-2)9-5-21/h4-11,25H,12-20H2,1-3H3/t25-/m1/s1. The Morgan fingerprint density at radius 1 is 0.744 bits per heavy atom. The monoisotopic (exact) mass is 536 g/mol. The van der Waals surface area contributed by atoms with Crippen molar-refractivity contribution in [2.45, 2.75) is 24.6 Å². The Kier molecular flexibility index (Phi) is 7.76. The molecule has 208 valence electrons. The molecule has 2 aromatic rings. The van der Waals surface area contributed by atoms with Crippen LogP contribution in [0.1, 0.15) is 33.6 Å². The number of likely N-dealkylation sites (N-methyl/N-ethyl adjacent to an activating group) is 1. The number of amides is 3. The number of ether oxygens (including phenoxy) is 3. The molecule has 0 saturated carbocycles. The van der Waals surface area contributed by atoms with E-state index in [1.807, 2.05) is 11.9 Å². The van der Waals surface area contributed by atoms with E-state index in [1.165, 1.54) is 0 Å². The molecule has 0 bridgehead atoms. The molecule has 2 aromatic carbocycles. The van der Waals surface area contributed by atoms with Gasteiger partial charge in [0.05, 0.1) is 20.8 Å². The van der Waals surface area contributed by atoms with Gasteiger partial charge in [0.1, 0.15) is 23.3 Å². The fraction of sp³-hybridized carbons (Fsp3) is 0.483. The largest absolute Gasteiger partial charge is 0.497 e. The normalized spacial score (nSPS) is 21.2. The molecule has 3 fully saturated rings. The van der Waals surface area contributed by atoms with E-state index in [2.05, 4.69) is 4.90 Å². The molecule has 1 spiro atoms. The summed E-state index contributed by atoms with van der Waals surface area (Å²) in [7, 11) is 5.20.